The number of hydrogen-bond acceptors (Lipinski definition) is 4. The summed E-state index contributed by atoms with van der Waals surface area (Å²) in [5, 5.41) is 5.93. The summed E-state index contributed by atoms with van der Waals surface area (Å²) in [5.74, 6) is -0.327. The van der Waals surface area contributed by atoms with E-state index in [1.54, 1.807) is 6.07 Å². The molecule has 0 atom stereocenters. The average Bonchev–Trinajstić information content (AvgIpc) is 2.37. The van der Waals surface area contributed by atoms with Crippen molar-refractivity contribution in [3.8, 4) is 0 Å². The maximum absolute atomic E-state index is 12.7. The smallest absolute Gasteiger partial charge is 0.407 e. The second-order valence-electron chi connectivity index (χ2n) is 5.78. The third kappa shape index (κ3) is 8.96. The van der Waals surface area contributed by atoms with Crippen LogP contribution in [0.4, 0.5) is 9.18 Å². The van der Waals surface area contributed by atoms with Gasteiger partial charge in [0.15, 0.2) is 0 Å². The lowest BCUT2D eigenvalue weighted by Gasteiger charge is -2.19. The van der Waals surface area contributed by atoms with Gasteiger partial charge in [-0.25, -0.2) is 9.18 Å². The molecule has 0 aliphatic rings. The van der Waals surface area contributed by atoms with Crippen molar-refractivity contribution in [2.75, 3.05) is 13.1 Å². The van der Waals surface area contributed by atoms with Crippen molar-refractivity contribution < 1.29 is 13.9 Å². The summed E-state index contributed by atoms with van der Waals surface area (Å²) >= 11 is 0. The van der Waals surface area contributed by atoms with E-state index in [9.17, 15) is 9.18 Å². The average molecular weight is 297 g/mol. The van der Waals surface area contributed by atoms with Gasteiger partial charge >= 0.3 is 6.09 Å². The van der Waals surface area contributed by atoms with Crippen LogP contribution in [0.3, 0.4) is 0 Å². The molecule has 1 aromatic heterocycles. The van der Waals surface area contributed by atoms with Gasteiger partial charge in [-0.3, -0.25) is 4.98 Å². The van der Waals surface area contributed by atoms with E-state index in [0.29, 0.717) is 13.1 Å². The number of hydrogen-bond donors (Lipinski definition) is 2. The quantitative estimate of drug-likeness (QED) is 0.759. The monoisotopic (exact) mass is 297 g/mol. The Balaban J connectivity index is 2.00. The molecule has 1 amide bonds. The summed E-state index contributed by atoms with van der Waals surface area (Å²) in [6, 6.07) is 3.06. The number of rotatable bonds is 7. The summed E-state index contributed by atoms with van der Waals surface area (Å²) in [4.78, 5) is 15.3. The minimum absolute atomic E-state index is 0.327. The number of nitrogens with zero attached hydrogens (tertiary/aromatic N) is 1. The first-order chi connectivity index (χ1) is 9.87. The molecule has 21 heavy (non-hydrogen) atoms. The molecule has 1 heterocycles. The van der Waals surface area contributed by atoms with Gasteiger partial charge in [-0.2, -0.15) is 0 Å². The molecule has 118 valence electrons. The highest BCUT2D eigenvalue weighted by atomic mass is 19.1. The molecule has 0 aliphatic heterocycles. The van der Waals surface area contributed by atoms with Crippen LogP contribution in [-0.2, 0) is 11.3 Å². The molecule has 0 saturated carbocycles. The van der Waals surface area contributed by atoms with Crippen LogP contribution in [0.15, 0.2) is 18.3 Å². The second kappa shape index (κ2) is 8.56. The third-order valence-corrected chi connectivity index (χ3v) is 2.54. The predicted octanol–water partition coefficient (Wildman–Crippen LogP) is 2.62. The lowest BCUT2D eigenvalue weighted by Crippen LogP contribution is -2.33. The van der Waals surface area contributed by atoms with Gasteiger partial charge in [0.05, 0.1) is 11.9 Å². The Labute approximate surface area is 125 Å². The number of carbonyl (C=O) groups is 1. The van der Waals surface area contributed by atoms with E-state index in [2.05, 4.69) is 15.6 Å². The number of ether oxygens (including phenoxy) is 1. The first-order valence-electron chi connectivity index (χ1n) is 7.15. The molecule has 0 aromatic carbocycles. The van der Waals surface area contributed by atoms with Crippen LogP contribution >= 0.6 is 0 Å². The first kappa shape index (κ1) is 17.4. The lowest BCUT2D eigenvalue weighted by molar-refractivity contribution is 0.0527. The topological polar surface area (TPSA) is 63.2 Å². The predicted molar refractivity (Wildman–Crippen MR) is 79.4 cm³/mol. The standard InChI is InChI=1S/C15H24FN3O2/c1-15(2,3)21-14(20)18-9-5-4-8-17-11-13-7-6-12(16)10-19-13/h6-7,10,17H,4-5,8-9,11H2,1-3H3,(H,18,20). The number of aromatic nitrogens is 1. The number of pyridine rings is 1. The van der Waals surface area contributed by atoms with Crippen molar-refractivity contribution in [3.05, 3.63) is 29.8 Å². The Morgan fingerprint density at radius 1 is 1.29 bits per heavy atom. The van der Waals surface area contributed by atoms with Crippen molar-refractivity contribution in [1.29, 1.82) is 0 Å². The van der Waals surface area contributed by atoms with Crippen molar-refractivity contribution in [2.45, 2.75) is 45.8 Å². The van der Waals surface area contributed by atoms with E-state index < -0.39 is 5.60 Å². The molecular formula is C15H24FN3O2. The Kier molecular flexibility index (Phi) is 7.08. The Bertz CT molecular complexity index is 430. The molecular weight excluding hydrogens is 273 g/mol. The Morgan fingerprint density at radius 3 is 2.62 bits per heavy atom. The summed E-state index contributed by atoms with van der Waals surface area (Å²) in [6.45, 7) is 7.51. The molecule has 0 fully saturated rings. The normalized spacial score (nSPS) is 11.2. The number of alkyl carbamates (subject to hydrolysis) is 1. The van der Waals surface area contributed by atoms with E-state index in [4.69, 9.17) is 4.74 Å². The fraction of sp³-hybridized carbons (Fsp3) is 0.600. The van der Waals surface area contributed by atoms with Crippen LogP contribution in [0, 0.1) is 5.82 Å². The number of nitrogens with one attached hydrogen (secondary N) is 2. The van der Waals surface area contributed by atoms with Gasteiger partial charge in [-0.15, -0.1) is 0 Å². The van der Waals surface area contributed by atoms with Crippen molar-refractivity contribution in [3.63, 3.8) is 0 Å². The molecule has 1 aromatic rings. The molecule has 5 nitrogen and oxygen atoms in total. The summed E-state index contributed by atoms with van der Waals surface area (Å²) < 4.78 is 17.8. The lowest BCUT2D eigenvalue weighted by atomic mass is 10.2. The summed E-state index contributed by atoms with van der Waals surface area (Å²) in [7, 11) is 0. The van der Waals surface area contributed by atoms with E-state index in [0.717, 1.165) is 25.1 Å². The van der Waals surface area contributed by atoms with Gasteiger partial charge in [0, 0.05) is 13.1 Å². The molecule has 0 unspecified atom stereocenters. The highest BCUT2D eigenvalue weighted by molar-refractivity contribution is 5.67. The number of amides is 1. The van der Waals surface area contributed by atoms with Crippen molar-refractivity contribution >= 4 is 6.09 Å². The number of halogens is 1. The Morgan fingerprint density at radius 2 is 2.00 bits per heavy atom. The van der Waals surface area contributed by atoms with Crippen LogP contribution < -0.4 is 10.6 Å². The highest BCUT2D eigenvalue weighted by Gasteiger charge is 2.15. The zero-order valence-electron chi connectivity index (χ0n) is 12.9. The van der Waals surface area contributed by atoms with Gasteiger partial charge in [0.1, 0.15) is 11.4 Å². The zero-order valence-corrected chi connectivity index (χ0v) is 12.9. The molecule has 1 rings (SSSR count). The van der Waals surface area contributed by atoms with Gasteiger partial charge in [0.25, 0.3) is 0 Å². The van der Waals surface area contributed by atoms with E-state index in [1.165, 1.54) is 12.3 Å². The van der Waals surface area contributed by atoms with E-state index >= 15 is 0 Å². The van der Waals surface area contributed by atoms with Crippen molar-refractivity contribution in [1.82, 2.24) is 15.6 Å². The molecule has 6 heteroatoms. The van der Waals surface area contributed by atoms with Crippen LogP contribution in [-0.4, -0.2) is 29.8 Å². The maximum Gasteiger partial charge on any atom is 0.407 e. The van der Waals surface area contributed by atoms with Crippen LogP contribution in [0.2, 0.25) is 0 Å². The molecule has 0 bridgehead atoms. The zero-order chi connectivity index (χ0) is 15.7. The fourth-order valence-electron chi connectivity index (χ4n) is 1.61. The number of carbonyl (C=O) groups excluding carboxylic acids is 1. The van der Waals surface area contributed by atoms with Crippen LogP contribution in [0.5, 0.6) is 0 Å². The van der Waals surface area contributed by atoms with Crippen molar-refractivity contribution in [2.24, 2.45) is 0 Å². The van der Waals surface area contributed by atoms with Gasteiger partial charge in [-0.05, 0) is 52.3 Å². The largest absolute Gasteiger partial charge is 0.444 e. The summed E-state index contributed by atoms with van der Waals surface area (Å²) in [6.07, 6.45) is 2.62. The maximum atomic E-state index is 12.7. The first-order valence-corrected chi connectivity index (χ1v) is 7.15. The minimum atomic E-state index is -0.464. The second-order valence-corrected chi connectivity index (χ2v) is 5.78. The molecule has 0 spiro atoms. The van der Waals surface area contributed by atoms with Gasteiger partial charge in [0.2, 0.25) is 0 Å². The SMILES string of the molecule is CC(C)(C)OC(=O)NCCCCNCc1ccc(F)cn1. The Hall–Kier alpha value is -1.69. The van der Waals surface area contributed by atoms with Gasteiger partial charge < -0.3 is 15.4 Å². The van der Waals surface area contributed by atoms with Crippen LogP contribution in [0.1, 0.15) is 39.3 Å². The number of unbranched alkanes of at least 4 members (excludes halogenated alkanes) is 1. The molecule has 0 radical (unpaired) electrons. The molecule has 0 saturated heterocycles. The summed E-state index contributed by atoms with van der Waals surface area (Å²) in [5.41, 5.74) is 0.344. The minimum Gasteiger partial charge on any atom is -0.444 e. The van der Waals surface area contributed by atoms with E-state index in [-0.39, 0.29) is 11.9 Å². The fourth-order valence-corrected chi connectivity index (χ4v) is 1.61. The van der Waals surface area contributed by atoms with Crippen LogP contribution in [0.25, 0.3) is 0 Å². The van der Waals surface area contributed by atoms with Gasteiger partial charge in [-0.1, -0.05) is 0 Å². The highest BCUT2D eigenvalue weighted by Crippen LogP contribution is 2.06. The molecule has 0 aliphatic carbocycles. The third-order valence-electron chi connectivity index (χ3n) is 2.54. The van der Waals surface area contributed by atoms with E-state index in [1.807, 2.05) is 20.8 Å². The molecule has 2 N–H and O–H groups in total.